The van der Waals surface area contributed by atoms with E-state index in [2.05, 4.69) is 34.1 Å². The van der Waals surface area contributed by atoms with E-state index in [4.69, 9.17) is 10.6 Å². The Morgan fingerprint density at radius 2 is 2.16 bits per heavy atom. The molecule has 0 fully saturated rings. The molecule has 0 bridgehead atoms. The first-order valence-corrected chi connectivity index (χ1v) is 6.70. The number of nitrogens with two attached hydrogens (primary N) is 1. The van der Waals surface area contributed by atoms with Crippen molar-refractivity contribution in [3.05, 3.63) is 11.9 Å². The van der Waals surface area contributed by atoms with E-state index in [0.717, 1.165) is 18.8 Å². The van der Waals surface area contributed by atoms with Gasteiger partial charge in [-0.15, -0.1) is 0 Å². The van der Waals surface area contributed by atoms with E-state index in [1.807, 2.05) is 20.0 Å². The largest absolute Gasteiger partial charge is 0.374 e. The average Bonchev–Trinajstić information content (AvgIpc) is 2.41. The molecule has 0 saturated carbocycles. The van der Waals surface area contributed by atoms with Gasteiger partial charge in [0, 0.05) is 26.3 Å². The zero-order chi connectivity index (χ0) is 14.3. The third kappa shape index (κ3) is 5.40. The molecule has 6 heteroatoms. The molecule has 0 amide bonds. The topological polar surface area (TPSA) is 76.3 Å². The first-order chi connectivity index (χ1) is 9.06. The van der Waals surface area contributed by atoms with Crippen molar-refractivity contribution in [2.24, 2.45) is 11.8 Å². The molecule has 1 heterocycles. The zero-order valence-corrected chi connectivity index (χ0v) is 12.3. The first kappa shape index (κ1) is 15.7. The molecule has 0 aliphatic carbocycles. The van der Waals surface area contributed by atoms with Gasteiger partial charge in [-0.3, -0.25) is 0 Å². The minimum Gasteiger partial charge on any atom is -0.374 e. The standard InChI is InChI=1S/C13H25N5O/c1-5-19-9-12-15-11(17-14)8-13(16-12)18(4)7-6-10(2)3/h8,10H,5-7,9,14H2,1-4H3,(H,15,16,17). The number of ether oxygens (including phenoxy) is 1. The molecule has 0 aromatic carbocycles. The summed E-state index contributed by atoms with van der Waals surface area (Å²) in [6, 6.07) is 1.84. The lowest BCUT2D eigenvalue weighted by Gasteiger charge is -2.20. The maximum atomic E-state index is 5.44. The van der Waals surface area contributed by atoms with E-state index >= 15 is 0 Å². The van der Waals surface area contributed by atoms with Gasteiger partial charge >= 0.3 is 0 Å². The molecule has 6 nitrogen and oxygen atoms in total. The minimum atomic E-state index is 0.400. The summed E-state index contributed by atoms with van der Waals surface area (Å²) < 4.78 is 5.34. The van der Waals surface area contributed by atoms with Crippen molar-refractivity contribution in [2.45, 2.75) is 33.8 Å². The Hall–Kier alpha value is -1.40. The first-order valence-electron chi connectivity index (χ1n) is 6.70. The highest BCUT2D eigenvalue weighted by molar-refractivity contribution is 5.48. The predicted molar refractivity (Wildman–Crippen MR) is 77.9 cm³/mol. The molecule has 1 rings (SSSR count). The van der Waals surface area contributed by atoms with E-state index in [-0.39, 0.29) is 0 Å². The molecule has 3 N–H and O–H groups in total. The lowest BCUT2D eigenvalue weighted by atomic mass is 10.1. The van der Waals surface area contributed by atoms with E-state index in [1.54, 1.807) is 0 Å². The molecule has 19 heavy (non-hydrogen) atoms. The van der Waals surface area contributed by atoms with Gasteiger partial charge in [0.25, 0.3) is 0 Å². The summed E-state index contributed by atoms with van der Waals surface area (Å²) in [4.78, 5) is 10.9. The Morgan fingerprint density at radius 1 is 1.42 bits per heavy atom. The van der Waals surface area contributed by atoms with Gasteiger partial charge in [-0.25, -0.2) is 15.8 Å². The molecule has 0 aliphatic heterocycles. The van der Waals surface area contributed by atoms with Gasteiger partial charge in [0.1, 0.15) is 18.2 Å². The van der Waals surface area contributed by atoms with Gasteiger partial charge in [0.15, 0.2) is 5.82 Å². The number of nitrogen functional groups attached to an aromatic ring is 1. The number of aromatic nitrogens is 2. The SMILES string of the molecule is CCOCc1nc(NN)cc(N(C)CCC(C)C)n1. The summed E-state index contributed by atoms with van der Waals surface area (Å²) in [5.41, 5.74) is 2.57. The van der Waals surface area contributed by atoms with Gasteiger partial charge in [-0.05, 0) is 19.3 Å². The fourth-order valence-electron chi connectivity index (χ4n) is 1.58. The van der Waals surface area contributed by atoms with Crippen LogP contribution in [0.4, 0.5) is 11.6 Å². The van der Waals surface area contributed by atoms with Gasteiger partial charge in [0.2, 0.25) is 0 Å². The molecular weight excluding hydrogens is 242 g/mol. The highest BCUT2D eigenvalue weighted by Gasteiger charge is 2.09. The normalized spacial score (nSPS) is 10.8. The summed E-state index contributed by atoms with van der Waals surface area (Å²) in [6.45, 7) is 8.36. The quantitative estimate of drug-likeness (QED) is 0.552. The van der Waals surface area contributed by atoms with Crippen molar-refractivity contribution in [1.82, 2.24) is 9.97 Å². The maximum Gasteiger partial charge on any atom is 0.158 e. The molecular formula is C13H25N5O. The Morgan fingerprint density at radius 3 is 2.74 bits per heavy atom. The number of hydrogen-bond donors (Lipinski definition) is 2. The van der Waals surface area contributed by atoms with Crippen LogP contribution in [0.1, 0.15) is 33.0 Å². The molecule has 108 valence electrons. The maximum absolute atomic E-state index is 5.44. The highest BCUT2D eigenvalue weighted by Crippen LogP contribution is 2.16. The summed E-state index contributed by atoms with van der Waals surface area (Å²) in [5.74, 6) is 8.21. The summed E-state index contributed by atoms with van der Waals surface area (Å²) in [7, 11) is 2.02. The van der Waals surface area contributed by atoms with Crippen molar-refractivity contribution < 1.29 is 4.74 Å². The fourth-order valence-corrected chi connectivity index (χ4v) is 1.58. The molecule has 0 aliphatic rings. The van der Waals surface area contributed by atoms with E-state index in [1.165, 1.54) is 0 Å². The monoisotopic (exact) mass is 267 g/mol. The second-order valence-electron chi connectivity index (χ2n) is 4.91. The van der Waals surface area contributed by atoms with Crippen molar-refractivity contribution in [2.75, 3.05) is 30.5 Å². The van der Waals surface area contributed by atoms with Crippen LogP contribution in [0.2, 0.25) is 0 Å². The number of rotatable bonds is 8. The second kappa shape index (κ2) is 7.91. The van der Waals surface area contributed by atoms with Crippen LogP contribution >= 0.6 is 0 Å². The van der Waals surface area contributed by atoms with Crippen LogP contribution in [-0.2, 0) is 11.3 Å². The molecule has 1 aromatic heterocycles. The van der Waals surface area contributed by atoms with Crippen molar-refractivity contribution in [1.29, 1.82) is 0 Å². The smallest absolute Gasteiger partial charge is 0.158 e. The fraction of sp³-hybridized carbons (Fsp3) is 0.692. The zero-order valence-electron chi connectivity index (χ0n) is 12.3. The van der Waals surface area contributed by atoms with Gasteiger partial charge < -0.3 is 15.1 Å². The number of nitrogens with one attached hydrogen (secondary N) is 1. The predicted octanol–water partition coefficient (Wildman–Crippen LogP) is 1.78. The van der Waals surface area contributed by atoms with Crippen molar-refractivity contribution in [3.63, 3.8) is 0 Å². The molecule has 1 aromatic rings. The molecule has 0 spiro atoms. The number of hydrazine groups is 1. The lowest BCUT2D eigenvalue weighted by Crippen LogP contribution is -2.22. The Labute approximate surface area is 115 Å². The summed E-state index contributed by atoms with van der Waals surface area (Å²) in [6.07, 6.45) is 1.12. The van der Waals surface area contributed by atoms with Crippen LogP contribution in [0.3, 0.4) is 0 Å². The van der Waals surface area contributed by atoms with E-state index in [9.17, 15) is 0 Å². The lowest BCUT2D eigenvalue weighted by molar-refractivity contribution is 0.128. The van der Waals surface area contributed by atoms with E-state index < -0.39 is 0 Å². The third-order valence-electron chi connectivity index (χ3n) is 2.78. The van der Waals surface area contributed by atoms with Crippen molar-refractivity contribution >= 4 is 11.6 Å². The van der Waals surface area contributed by atoms with Gasteiger partial charge in [0.05, 0.1) is 0 Å². The summed E-state index contributed by atoms with van der Waals surface area (Å²) in [5, 5.41) is 0. The van der Waals surface area contributed by atoms with Crippen LogP contribution < -0.4 is 16.2 Å². The average molecular weight is 267 g/mol. The molecule has 0 saturated heterocycles. The van der Waals surface area contributed by atoms with E-state index in [0.29, 0.717) is 30.8 Å². The van der Waals surface area contributed by atoms with Crippen LogP contribution in [-0.4, -0.2) is 30.2 Å². The molecule has 0 atom stereocenters. The second-order valence-corrected chi connectivity index (χ2v) is 4.91. The molecule has 0 radical (unpaired) electrons. The van der Waals surface area contributed by atoms with Crippen LogP contribution in [0, 0.1) is 5.92 Å². The van der Waals surface area contributed by atoms with Gasteiger partial charge in [-0.1, -0.05) is 13.8 Å². The number of nitrogens with zero attached hydrogens (tertiary/aromatic N) is 3. The number of anilines is 2. The van der Waals surface area contributed by atoms with Gasteiger partial charge in [-0.2, -0.15) is 0 Å². The Balaban J connectivity index is 2.79. The third-order valence-corrected chi connectivity index (χ3v) is 2.78. The number of hydrogen-bond acceptors (Lipinski definition) is 6. The summed E-state index contributed by atoms with van der Waals surface area (Å²) >= 11 is 0. The minimum absolute atomic E-state index is 0.400. The van der Waals surface area contributed by atoms with Crippen LogP contribution in [0.25, 0.3) is 0 Å². The molecule has 0 unspecified atom stereocenters. The Bertz CT molecular complexity index is 383. The Kier molecular flexibility index (Phi) is 6.52. The van der Waals surface area contributed by atoms with Crippen LogP contribution in [0.5, 0.6) is 0 Å². The van der Waals surface area contributed by atoms with Crippen molar-refractivity contribution in [3.8, 4) is 0 Å². The highest BCUT2D eigenvalue weighted by atomic mass is 16.5. The van der Waals surface area contributed by atoms with Crippen LogP contribution in [0.15, 0.2) is 6.07 Å².